The Morgan fingerprint density at radius 2 is 1.52 bits per heavy atom. The Labute approximate surface area is 168 Å². The lowest BCUT2D eigenvalue weighted by Gasteiger charge is -2.26. The highest BCUT2D eigenvalue weighted by atomic mass is 79.9. The average molecular weight is 418 g/mol. The molecule has 3 rings (SSSR count). The van der Waals surface area contributed by atoms with E-state index in [1.165, 1.54) is 0 Å². The largest absolute Gasteiger partial charge is 0.324 e. The van der Waals surface area contributed by atoms with Gasteiger partial charge in [-0.25, -0.2) is 0 Å². The lowest BCUT2D eigenvalue weighted by Crippen LogP contribution is -2.38. The molecule has 0 bridgehead atoms. The van der Waals surface area contributed by atoms with Gasteiger partial charge in [0.25, 0.3) is 0 Å². The first-order chi connectivity index (χ1) is 13.1. The van der Waals surface area contributed by atoms with Gasteiger partial charge in [-0.2, -0.15) is 0 Å². The topological polar surface area (TPSA) is 29.1 Å². The molecule has 0 unspecified atom stereocenters. The van der Waals surface area contributed by atoms with E-state index < -0.39 is 5.41 Å². The minimum atomic E-state index is -0.926. The fourth-order valence-electron chi connectivity index (χ4n) is 2.91. The quantitative estimate of drug-likeness (QED) is 0.534. The molecule has 0 heterocycles. The maximum atomic E-state index is 13.3. The van der Waals surface area contributed by atoms with Crippen LogP contribution < -0.4 is 5.32 Å². The van der Waals surface area contributed by atoms with Gasteiger partial charge in [-0.1, -0.05) is 83.2 Å². The van der Waals surface area contributed by atoms with Crippen LogP contribution in [-0.2, 0) is 10.2 Å². The van der Waals surface area contributed by atoms with E-state index in [2.05, 4.69) is 33.1 Å². The second-order valence-corrected chi connectivity index (χ2v) is 7.12. The van der Waals surface area contributed by atoms with Crippen LogP contribution in [0.1, 0.15) is 24.5 Å². The van der Waals surface area contributed by atoms with Crippen molar-refractivity contribution < 1.29 is 4.79 Å². The van der Waals surface area contributed by atoms with Gasteiger partial charge in [0.1, 0.15) is 5.41 Å². The van der Waals surface area contributed by atoms with Gasteiger partial charge in [0.05, 0.1) is 0 Å². The molecule has 27 heavy (non-hydrogen) atoms. The van der Waals surface area contributed by atoms with Crippen LogP contribution >= 0.6 is 15.9 Å². The molecule has 3 heteroatoms. The summed E-state index contributed by atoms with van der Waals surface area (Å²) in [6.07, 6.45) is 0.569. The van der Waals surface area contributed by atoms with E-state index in [1.54, 1.807) is 0 Å². The molecule has 1 atom stereocenters. The molecule has 1 amide bonds. The van der Waals surface area contributed by atoms with Crippen molar-refractivity contribution in [3.8, 4) is 11.8 Å². The lowest BCUT2D eigenvalue weighted by molar-refractivity contribution is -0.119. The fraction of sp³-hybridized carbons (Fsp3) is 0.125. The number of hydrogen-bond acceptors (Lipinski definition) is 1. The van der Waals surface area contributed by atoms with Crippen LogP contribution in [0, 0.1) is 11.8 Å². The third-order valence-electron chi connectivity index (χ3n) is 4.48. The summed E-state index contributed by atoms with van der Waals surface area (Å²) in [7, 11) is 0. The summed E-state index contributed by atoms with van der Waals surface area (Å²) in [5.41, 5.74) is 1.61. The molecule has 1 N–H and O–H groups in total. The van der Waals surface area contributed by atoms with Gasteiger partial charge in [0, 0.05) is 15.7 Å². The Balaban J connectivity index is 2.02. The zero-order valence-electron chi connectivity index (χ0n) is 15.1. The summed E-state index contributed by atoms with van der Waals surface area (Å²) in [6.45, 7) is 1.99. The SMILES string of the molecule is CC[C@](C#Cc1ccccc1)(C(=O)Nc1ccc(Br)cc1)c1ccccc1. The Morgan fingerprint density at radius 3 is 2.11 bits per heavy atom. The van der Waals surface area contributed by atoms with Crippen LogP contribution in [0.2, 0.25) is 0 Å². The van der Waals surface area contributed by atoms with Crippen LogP contribution in [0.3, 0.4) is 0 Å². The van der Waals surface area contributed by atoms with Crippen molar-refractivity contribution in [1.82, 2.24) is 0 Å². The molecule has 0 aliphatic heterocycles. The summed E-state index contributed by atoms with van der Waals surface area (Å²) in [4.78, 5) is 13.3. The lowest BCUT2D eigenvalue weighted by atomic mass is 9.77. The zero-order chi connectivity index (χ0) is 19.1. The van der Waals surface area contributed by atoms with Gasteiger partial charge in [0.2, 0.25) is 5.91 Å². The van der Waals surface area contributed by atoms with Crippen molar-refractivity contribution in [1.29, 1.82) is 0 Å². The van der Waals surface area contributed by atoms with E-state index in [1.807, 2.05) is 91.9 Å². The van der Waals surface area contributed by atoms with E-state index in [0.717, 1.165) is 21.3 Å². The molecule has 3 aromatic carbocycles. The minimum Gasteiger partial charge on any atom is -0.324 e. The summed E-state index contributed by atoms with van der Waals surface area (Å²) < 4.78 is 0.967. The molecule has 0 saturated carbocycles. The second-order valence-electron chi connectivity index (χ2n) is 6.20. The molecular weight excluding hydrogens is 398 g/mol. The summed E-state index contributed by atoms with van der Waals surface area (Å²) in [6, 6.07) is 27.1. The Morgan fingerprint density at radius 1 is 0.926 bits per heavy atom. The molecule has 134 valence electrons. The van der Waals surface area contributed by atoms with Gasteiger partial charge in [-0.3, -0.25) is 4.79 Å². The Kier molecular flexibility index (Phi) is 6.11. The number of anilines is 1. The molecular formula is C24H20BrNO. The molecule has 0 aliphatic carbocycles. The predicted molar refractivity (Wildman–Crippen MR) is 115 cm³/mol. The molecule has 0 spiro atoms. The van der Waals surface area contributed by atoms with Crippen LogP contribution in [0.15, 0.2) is 89.4 Å². The highest BCUT2D eigenvalue weighted by Gasteiger charge is 2.37. The molecule has 0 saturated heterocycles. The third kappa shape index (κ3) is 4.48. The van der Waals surface area contributed by atoms with Crippen LogP contribution in [0.4, 0.5) is 5.69 Å². The van der Waals surface area contributed by atoms with E-state index in [4.69, 9.17) is 0 Å². The monoisotopic (exact) mass is 417 g/mol. The van der Waals surface area contributed by atoms with E-state index >= 15 is 0 Å². The normalized spacial score (nSPS) is 12.4. The molecule has 0 aliphatic rings. The highest BCUT2D eigenvalue weighted by molar-refractivity contribution is 9.10. The van der Waals surface area contributed by atoms with Gasteiger partial charge < -0.3 is 5.32 Å². The first-order valence-electron chi connectivity index (χ1n) is 8.85. The number of rotatable bonds is 4. The van der Waals surface area contributed by atoms with Crippen molar-refractivity contribution in [3.05, 3.63) is 101 Å². The van der Waals surface area contributed by atoms with Gasteiger partial charge in [-0.05, 0) is 48.4 Å². The Hall–Kier alpha value is -2.83. The maximum Gasteiger partial charge on any atom is 0.247 e. The van der Waals surface area contributed by atoms with Gasteiger partial charge >= 0.3 is 0 Å². The van der Waals surface area contributed by atoms with Crippen LogP contribution in [-0.4, -0.2) is 5.91 Å². The van der Waals surface area contributed by atoms with Crippen molar-refractivity contribution in [3.63, 3.8) is 0 Å². The standard InChI is InChI=1S/C24H20BrNO/c1-2-24(20-11-7-4-8-12-20,18-17-19-9-5-3-6-10-19)23(27)26-22-15-13-21(25)14-16-22/h3-16H,2H2,1H3,(H,26,27)/t24-/m1/s1. The van der Waals surface area contributed by atoms with Crippen molar-refractivity contribution in [2.45, 2.75) is 18.8 Å². The molecule has 0 radical (unpaired) electrons. The minimum absolute atomic E-state index is 0.123. The van der Waals surface area contributed by atoms with Gasteiger partial charge in [0.15, 0.2) is 0 Å². The van der Waals surface area contributed by atoms with Crippen molar-refractivity contribution in [2.24, 2.45) is 0 Å². The van der Waals surface area contributed by atoms with Crippen molar-refractivity contribution >= 4 is 27.5 Å². The van der Waals surface area contributed by atoms with Crippen molar-refractivity contribution in [2.75, 3.05) is 5.32 Å². The molecule has 3 aromatic rings. The van der Waals surface area contributed by atoms with Crippen LogP contribution in [0.25, 0.3) is 0 Å². The summed E-state index contributed by atoms with van der Waals surface area (Å²) >= 11 is 3.42. The first-order valence-corrected chi connectivity index (χ1v) is 9.64. The van der Waals surface area contributed by atoms with E-state index in [9.17, 15) is 4.79 Å². The Bertz CT molecular complexity index is 956. The number of hydrogen-bond donors (Lipinski definition) is 1. The van der Waals surface area contributed by atoms with Gasteiger partial charge in [-0.15, -0.1) is 0 Å². The molecule has 0 fully saturated rings. The average Bonchev–Trinajstić information content (AvgIpc) is 2.72. The van der Waals surface area contributed by atoms with E-state index in [0.29, 0.717) is 6.42 Å². The highest BCUT2D eigenvalue weighted by Crippen LogP contribution is 2.30. The third-order valence-corrected chi connectivity index (χ3v) is 5.01. The number of halogens is 1. The van der Waals surface area contributed by atoms with E-state index in [-0.39, 0.29) is 5.91 Å². The predicted octanol–water partition coefficient (Wildman–Crippen LogP) is 5.79. The number of amides is 1. The number of carbonyl (C=O) groups is 1. The fourth-order valence-corrected chi connectivity index (χ4v) is 3.17. The zero-order valence-corrected chi connectivity index (χ0v) is 16.7. The smallest absolute Gasteiger partial charge is 0.247 e. The number of nitrogens with one attached hydrogen (secondary N) is 1. The van der Waals surface area contributed by atoms with Crippen LogP contribution in [0.5, 0.6) is 0 Å². The molecule has 0 aromatic heterocycles. The summed E-state index contributed by atoms with van der Waals surface area (Å²) in [5, 5.41) is 3.03. The second kappa shape index (κ2) is 8.70. The molecule has 2 nitrogen and oxygen atoms in total. The summed E-state index contributed by atoms with van der Waals surface area (Å²) in [5.74, 6) is 6.34. The first kappa shape index (κ1) is 18.9. The number of carbonyl (C=O) groups excluding carboxylic acids is 1. The number of benzene rings is 3. The maximum absolute atomic E-state index is 13.3.